The molecular weight excluding hydrogens is 248 g/mol. The summed E-state index contributed by atoms with van der Waals surface area (Å²) in [5.74, 6) is 0.510. The predicted octanol–water partition coefficient (Wildman–Crippen LogP) is 2.15. The van der Waals surface area contributed by atoms with Gasteiger partial charge in [-0.05, 0) is 18.6 Å². The van der Waals surface area contributed by atoms with E-state index in [1.165, 1.54) is 0 Å². The molecule has 0 unspecified atom stereocenters. The van der Waals surface area contributed by atoms with Gasteiger partial charge in [0.05, 0.1) is 0 Å². The van der Waals surface area contributed by atoms with Crippen LogP contribution in [0.5, 0.6) is 5.75 Å². The highest BCUT2D eigenvalue weighted by Crippen LogP contribution is 2.21. The maximum Gasteiger partial charge on any atom is 0.341 e. The van der Waals surface area contributed by atoms with Crippen molar-refractivity contribution in [3.05, 3.63) is 30.2 Å². The third kappa shape index (κ3) is 3.54. The second-order valence-electron chi connectivity index (χ2n) is 3.97. The molecule has 19 heavy (non-hydrogen) atoms. The molecule has 2 rings (SSSR count). The van der Waals surface area contributed by atoms with Crippen LogP contribution in [0.3, 0.4) is 0 Å². The minimum atomic E-state index is -1.02. The molecule has 0 aliphatic carbocycles. The lowest BCUT2D eigenvalue weighted by molar-refractivity contribution is -0.139. The van der Waals surface area contributed by atoms with Gasteiger partial charge >= 0.3 is 5.97 Å². The zero-order valence-electron chi connectivity index (χ0n) is 10.5. The summed E-state index contributed by atoms with van der Waals surface area (Å²) in [6.45, 7) is 1.65. The monoisotopic (exact) mass is 262 g/mol. The zero-order valence-corrected chi connectivity index (χ0v) is 10.5. The van der Waals surface area contributed by atoms with Crippen LogP contribution in [-0.2, 0) is 11.2 Å². The first-order chi connectivity index (χ1) is 9.19. The molecule has 0 atom stereocenters. The van der Waals surface area contributed by atoms with Gasteiger partial charge in [0.1, 0.15) is 5.75 Å². The summed E-state index contributed by atoms with van der Waals surface area (Å²) < 4.78 is 10.2. The van der Waals surface area contributed by atoms with E-state index in [-0.39, 0.29) is 6.61 Å². The molecule has 0 saturated carbocycles. The van der Waals surface area contributed by atoms with Gasteiger partial charge in [0, 0.05) is 12.0 Å². The molecular formula is C13H14N2O4. The molecule has 0 aliphatic rings. The van der Waals surface area contributed by atoms with Crippen LogP contribution in [-0.4, -0.2) is 27.8 Å². The Morgan fingerprint density at radius 3 is 3.05 bits per heavy atom. The molecule has 1 heterocycles. The van der Waals surface area contributed by atoms with Crippen molar-refractivity contribution >= 4 is 5.97 Å². The summed E-state index contributed by atoms with van der Waals surface area (Å²) in [7, 11) is 0. The van der Waals surface area contributed by atoms with Crippen LogP contribution >= 0.6 is 0 Å². The Labute approximate surface area is 110 Å². The number of nitrogens with zero attached hydrogens (tertiary/aromatic N) is 2. The number of benzene rings is 1. The SMILES string of the molecule is CCCc1nc(-c2cccc(OCC(=O)O)c2)no1. The lowest BCUT2D eigenvalue weighted by atomic mass is 10.2. The molecule has 6 heteroatoms. The van der Waals surface area contributed by atoms with Gasteiger partial charge in [-0.15, -0.1) is 0 Å². The molecule has 0 spiro atoms. The normalized spacial score (nSPS) is 10.4. The largest absolute Gasteiger partial charge is 0.482 e. The van der Waals surface area contributed by atoms with E-state index in [4.69, 9.17) is 14.4 Å². The molecule has 0 fully saturated rings. The van der Waals surface area contributed by atoms with E-state index in [2.05, 4.69) is 10.1 Å². The van der Waals surface area contributed by atoms with Crippen molar-refractivity contribution in [3.8, 4) is 17.1 Å². The van der Waals surface area contributed by atoms with E-state index < -0.39 is 5.97 Å². The van der Waals surface area contributed by atoms with E-state index >= 15 is 0 Å². The van der Waals surface area contributed by atoms with Gasteiger partial charge in [0.25, 0.3) is 0 Å². The van der Waals surface area contributed by atoms with Gasteiger partial charge in [-0.1, -0.05) is 24.2 Å². The number of hydrogen-bond acceptors (Lipinski definition) is 5. The minimum absolute atomic E-state index is 0.378. The van der Waals surface area contributed by atoms with Crippen LogP contribution in [0.25, 0.3) is 11.4 Å². The number of hydrogen-bond donors (Lipinski definition) is 1. The predicted molar refractivity (Wildman–Crippen MR) is 66.9 cm³/mol. The quantitative estimate of drug-likeness (QED) is 0.858. The highest BCUT2D eigenvalue weighted by Gasteiger charge is 2.09. The number of carboxylic acid groups (broad SMARTS) is 1. The van der Waals surface area contributed by atoms with Crippen LogP contribution < -0.4 is 4.74 Å². The number of aromatic nitrogens is 2. The van der Waals surface area contributed by atoms with Crippen molar-refractivity contribution in [2.24, 2.45) is 0 Å². The van der Waals surface area contributed by atoms with Gasteiger partial charge in [-0.2, -0.15) is 4.98 Å². The molecule has 6 nitrogen and oxygen atoms in total. The maximum atomic E-state index is 10.4. The standard InChI is InChI=1S/C13H14N2O4/c1-2-4-11-14-13(15-19-11)9-5-3-6-10(7-9)18-8-12(16)17/h3,5-7H,2,4,8H2,1H3,(H,16,17). The summed E-state index contributed by atoms with van der Waals surface area (Å²) in [6, 6.07) is 6.93. The maximum absolute atomic E-state index is 10.4. The van der Waals surface area contributed by atoms with Crippen LogP contribution in [0.1, 0.15) is 19.2 Å². The highest BCUT2D eigenvalue weighted by atomic mass is 16.5. The first kappa shape index (κ1) is 13.1. The first-order valence-electron chi connectivity index (χ1n) is 5.96. The van der Waals surface area contributed by atoms with E-state index in [9.17, 15) is 4.79 Å². The Balaban J connectivity index is 2.14. The van der Waals surface area contributed by atoms with E-state index in [1.807, 2.05) is 13.0 Å². The molecule has 0 aliphatic heterocycles. The van der Waals surface area contributed by atoms with Gasteiger partial charge < -0.3 is 14.4 Å². The fourth-order valence-corrected chi connectivity index (χ4v) is 1.56. The molecule has 1 aromatic heterocycles. The van der Waals surface area contributed by atoms with E-state index in [0.29, 0.717) is 17.5 Å². The van der Waals surface area contributed by atoms with Crippen LogP contribution in [0.4, 0.5) is 0 Å². The van der Waals surface area contributed by atoms with Crippen LogP contribution in [0.2, 0.25) is 0 Å². The second kappa shape index (κ2) is 5.99. The van der Waals surface area contributed by atoms with Crippen molar-refractivity contribution in [2.45, 2.75) is 19.8 Å². The Morgan fingerprint density at radius 2 is 2.32 bits per heavy atom. The van der Waals surface area contributed by atoms with Gasteiger partial charge in [-0.25, -0.2) is 4.79 Å². The summed E-state index contributed by atoms with van der Waals surface area (Å²) >= 11 is 0. The first-order valence-corrected chi connectivity index (χ1v) is 5.96. The van der Waals surface area contributed by atoms with Gasteiger partial charge in [-0.3, -0.25) is 0 Å². The summed E-state index contributed by atoms with van der Waals surface area (Å²) in [4.78, 5) is 14.7. The number of carbonyl (C=O) groups is 1. The van der Waals surface area contributed by atoms with Gasteiger partial charge in [0.15, 0.2) is 6.61 Å². The van der Waals surface area contributed by atoms with Crippen LogP contribution in [0.15, 0.2) is 28.8 Å². The fraction of sp³-hybridized carbons (Fsp3) is 0.308. The van der Waals surface area contributed by atoms with Crippen molar-refractivity contribution in [3.63, 3.8) is 0 Å². The minimum Gasteiger partial charge on any atom is -0.482 e. The smallest absolute Gasteiger partial charge is 0.341 e. The van der Waals surface area contributed by atoms with Crippen molar-refractivity contribution in [2.75, 3.05) is 6.61 Å². The molecule has 0 bridgehead atoms. The Kier molecular flexibility index (Phi) is 4.12. The molecule has 0 radical (unpaired) electrons. The molecule has 2 aromatic rings. The van der Waals surface area contributed by atoms with Crippen LogP contribution in [0, 0.1) is 0 Å². The second-order valence-corrected chi connectivity index (χ2v) is 3.97. The number of aryl methyl sites for hydroxylation is 1. The molecule has 1 N–H and O–H groups in total. The average Bonchev–Trinajstić information content (AvgIpc) is 2.86. The fourth-order valence-electron chi connectivity index (χ4n) is 1.56. The number of rotatable bonds is 6. The number of carboxylic acids is 1. The molecule has 100 valence electrons. The van der Waals surface area contributed by atoms with E-state index in [1.54, 1.807) is 18.2 Å². The zero-order chi connectivity index (χ0) is 13.7. The van der Waals surface area contributed by atoms with Crippen molar-refractivity contribution < 1.29 is 19.2 Å². The van der Waals surface area contributed by atoms with Gasteiger partial charge in [0.2, 0.25) is 11.7 Å². The van der Waals surface area contributed by atoms with Crippen molar-refractivity contribution in [1.82, 2.24) is 10.1 Å². The number of aliphatic carboxylic acids is 1. The third-order valence-electron chi connectivity index (χ3n) is 2.39. The van der Waals surface area contributed by atoms with Crippen molar-refractivity contribution in [1.29, 1.82) is 0 Å². The summed E-state index contributed by atoms with van der Waals surface area (Å²) in [5.41, 5.74) is 0.731. The lowest BCUT2D eigenvalue weighted by Gasteiger charge is -2.03. The average molecular weight is 262 g/mol. The highest BCUT2D eigenvalue weighted by molar-refractivity contribution is 5.68. The lowest BCUT2D eigenvalue weighted by Crippen LogP contribution is -2.09. The summed E-state index contributed by atoms with van der Waals surface area (Å²) in [5, 5.41) is 12.4. The Bertz CT molecular complexity index is 565. The summed E-state index contributed by atoms with van der Waals surface area (Å²) in [6.07, 6.45) is 1.67. The Morgan fingerprint density at radius 1 is 1.47 bits per heavy atom. The Hall–Kier alpha value is -2.37. The number of ether oxygens (including phenoxy) is 1. The molecule has 0 amide bonds. The molecule has 1 aromatic carbocycles. The topological polar surface area (TPSA) is 85.5 Å². The molecule has 0 saturated heterocycles. The third-order valence-corrected chi connectivity index (χ3v) is 2.39. The van der Waals surface area contributed by atoms with E-state index in [0.717, 1.165) is 18.4 Å².